The molecule has 0 aliphatic carbocycles. The number of hydrogen-bond donors (Lipinski definition) is 1. The summed E-state index contributed by atoms with van der Waals surface area (Å²) in [6.07, 6.45) is 5.25. The monoisotopic (exact) mass is 268 g/mol. The summed E-state index contributed by atoms with van der Waals surface area (Å²) in [5.41, 5.74) is -0.681. The minimum absolute atomic E-state index is 0.163. The molecule has 2 heterocycles. The fraction of sp³-hybridized carbons (Fsp3) is 0.857. The Morgan fingerprint density at radius 2 is 1.74 bits per heavy atom. The third kappa shape index (κ3) is 3.47. The lowest BCUT2D eigenvalue weighted by Gasteiger charge is -2.24. The Morgan fingerprint density at radius 1 is 1.11 bits per heavy atom. The average Bonchev–Trinajstić information content (AvgIpc) is 2.61. The van der Waals surface area contributed by atoms with Gasteiger partial charge >= 0.3 is 5.97 Å². The van der Waals surface area contributed by atoms with E-state index in [2.05, 4.69) is 0 Å². The van der Waals surface area contributed by atoms with Crippen molar-refractivity contribution in [3.8, 4) is 0 Å². The third-order valence-electron chi connectivity index (χ3n) is 4.39. The van der Waals surface area contributed by atoms with Gasteiger partial charge in [0.25, 0.3) is 0 Å². The molecule has 2 aliphatic rings. The minimum atomic E-state index is -0.753. The minimum Gasteiger partial charge on any atom is -0.481 e. The van der Waals surface area contributed by atoms with E-state index in [0.717, 1.165) is 25.9 Å². The van der Waals surface area contributed by atoms with Crippen LogP contribution in [0.2, 0.25) is 0 Å². The molecule has 5 nitrogen and oxygen atoms in total. The number of carbonyl (C=O) groups excluding carboxylic acids is 1. The molecule has 2 saturated heterocycles. The van der Waals surface area contributed by atoms with Gasteiger partial charge in [-0.05, 0) is 32.7 Å². The summed E-state index contributed by atoms with van der Waals surface area (Å²) in [6.45, 7) is 5.07. The van der Waals surface area contributed by atoms with Crippen LogP contribution in [0.5, 0.6) is 0 Å². The van der Waals surface area contributed by atoms with E-state index in [1.54, 1.807) is 6.92 Å². The normalized spacial score (nSPS) is 29.2. The van der Waals surface area contributed by atoms with E-state index in [-0.39, 0.29) is 5.91 Å². The lowest BCUT2D eigenvalue weighted by atomic mass is 9.90. The molecule has 0 aromatic rings. The molecule has 0 bridgehead atoms. The number of rotatable bonds is 3. The van der Waals surface area contributed by atoms with Crippen LogP contribution in [0.15, 0.2) is 0 Å². The molecule has 5 heteroatoms. The maximum absolute atomic E-state index is 12.2. The summed E-state index contributed by atoms with van der Waals surface area (Å²) in [4.78, 5) is 27.3. The number of amides is 1. The van der Waals surface area contributed by atoms with E-state index in [4.69, 9.17) is 0 Å². The maximum Gasteiger partial charge on any atom is 0.310 e. The second-order valence-corrected chi connectivity index (χ2v) is 6.12. The summed E-state index contributed by atoms with van der Waals surface area (Å²) < 4.78 is 0. The van der Waals surface area contributed by atoms with Gasteiger partial charge in [0.1, 0.15) is 0 Å². The molecule has 1 amide bonds. The summed E-state index contributed by atoms with van der Waals surface area (Å²) in [7, 11) is 0. The van der Waals surface area contributed by atoms with Crippen LogP contribution in [0.25, 0.3) is 0 Å². The zero-order valence-electron chi connectivity index (χ0n) is 11.7. The molecule has 2 aliphatic heterocycles. The molecule has 2 fully saturated rings. The fourth-order valence-electron chi connectivity index (χ4n) is 2.98. The van der Waals surface area contributed by atoms with Gasteiger partial charge in [0, 0.05) is 19.6 Å². The zero-order valence-corrected chi connectivity index (χ0v) is 11.7. The van der Waals surface area contributed by atoms with Crippen molar-refractivity contribution in [2.24, 2.45) is 5.41 Å². The van der Waals surface area contributed by atoms with Gasteiger partial charge in [-0.3, -0.25) is 14.5 Å². The van der Waals surface area contributed by atoms with Crippen molar-refractivity contribution in [2.45, 2.75) is 39.0 Å². The van der Waals surface area contributed by atoms with Gasteiger partial charge < -0.3 is 10.0 Å². The first-order valence-electron chi connectivity index (χ1n) is 7.25. The first-order chi connectivity index (χ1) is 9.01. The lowest BCUT2D eigenvalue weighted by molar-refractivity contribution is -0.147. The molecule has 2 rings (SSSR count). The largest absolute Gasteiger partial charge is 0.481 e. The Hall–Kier alpha value is -1.10. The molecule has 0 saturated carbocycles. The SMILES string of the molecule is CC1(C(=O)O)CCN(CC(=O)N2CCCCCC2)C1. The number of aliphatic carboxylic acids is 1. The van der Waals surface area contributed by atoms with Gasteiger partial charge in [-0.1, -0.05) is 12.8 Å². The molecule has 0 spiro atoms. The highest BCUT2D eigenvalue weighted by Gasteiger charge is 2.41. The predicted octanol–water partition coefficient (Wildman–Crippen LogP) is 1.19. The Balaban J connectivity index is 1.84. The molecule has 0 radical (unpaired) electrons. The molecule has 1 N–H and O–H groups in total. The van der Waals surface area contributed by atoms with Crippen molar-refractivity contribution in [2.75, 3.05) is 32.7 Å². The van der Waals surface area contributed by atoms with E-state index < -0.39 is 11.4 Å². The fourth-order valence-corrected chi connectivity index (χ4v) is 2.98. The maximum atomic E-state index is 12.2. The van der Waals surface area contributed by atoms with Crippen molar-refractivity contribution in [1.82, 2.24) is 9.80 Å². The van der Waals surface area contributed by atoms with Gasteiger partial charge in [-0.15, -0.1) is 0 Å². The molecule has 1 atom stereocenters. The number of carboxylic acids is 1. The van der Waals surface area contributed by atoms with Gasteiger partial charge in [-0.25, -0.2) is 0 Å². The molecule has 0 aromatic heterocycles. The van der Waals surface area contributed by atoms with Crippen molar-refractivity contribution >= 4 is 11.9 Å². The quantitative estimate of drug-likeness (QED) is 0.835. The number of carboxylic acid groups (broad SMARTS) is 1. The van der Waals surface area contributed by atoms with Gasteiger partial charge in [0.05, 0.1) is 12.0 Å². The summed E-state index contributed by atoms with van der Waals surface area (Å²) in [5, 5.41) is 9.19. The van der Waals surface area contributed by atoms with E-state index in [0.29, 0.717) is 26.1 Å². The Labute approximate surface area is 114 Å². The smallest absolute Gasteiger partial charge is 0.310 e. The van der Waals surface area contributed by atoms with Crippen molar-refractivity contribution in [3.63, 3.8) is 0 Å². The van der Waals surface area contributed by atoms with E-state index in [1.807, 2.05) is 9.80 Å². The molecular weight excluding hydrogens is 244 g/mol. The summed E-state index contributed by atoms with van der Waals surface area (Å²) >= 11 is 0. The molecular formula is C14H24N2O3. The highest BCUT2D eigenvalue weighted by Crippen LogP contribution is 2.29. The Morgan fingerprint density at radius 3 is 2.26 bits per heavy atom. The van der Waals surface area contributed by atoms with E-state index in [1.165, 1.54) is 12.8 Å². The van der Waals surface area contributed by atoms with Crippen molar-refractivity contribution < 1.29 is 14.7 Å². The van der Waals surface area contributed by atoms with Gasteiger partial charge in [-0.2, -0.15) is 0 Å². The highest BCUT2D eigenvalue weighted by molar-refractivity contribution is 5.79. The summed E-state index contributed by atoms with van der Waals surface area (Å²) in [6, 6.07) is 0. The third-order valence-corrected chi connectivity index (χ3v) is 4.39. The van der Waals surface area contributed by atoms with Gasteiger partial charge in [0.15, 0.2) is 0 Å². The molecule has 19 heavy (non-hydrogen) atoms. The Bertz CT molecular complexity index is 351. The second-order valence-electron chi connectivity index (χ2n) is 6.12. The van der Waals surface area contributed by atoms with E-state index >= 15 is 0 Å². The first kappa shape index (κ1) is 14.3. The number of carbonyl (C=O) groups is 2. The van der Waals surface area contributed by atoms with Crippen LogP contribution in [0.4, 0.5) is 0 Å². The number of nitrogens with zero attached hydrogens (tertiary/aromatic N) is 2. The van der Waals surface area contributed by atoms with Crippen molar-refractivity contribution in [3.05, 3.63) is 0 Å². The predicted molar refractivity (Wildman–Crippen MR) is 71.8 cm³/mol. The second kappa shape index (κ2) is 5.90. The molecule has 1 unspecified atom stereocenters. The van der Waals surface area contributed by atoms with Crippen LogP contribution in [0.3, 0.4) is 0 Å². The Kier molecular flexibility index (Phi) is 4.45. The lowest BCUT2D eigenvalue weighted by Crippen LogP contribution is -2.41. The number of hydrogen-bond acceptors (Lipinski definition) is 3. The highest BCUT2D eigenvalue weighted by atomic mass is 16.4. The van der Waals surface area contributed by atoms with Gasteiger partial charge in [0.2, 0.25) is 5.91 Å². The van der Waals surface area contributed by atoms with Crippen molar-refractivity contribution in [1.29, 1.82) is 0 Å². The molecule has 108 valence electrons. The standard InChI is InChI=1S/C14H24N2O3/c1-14(13(18)19)6-9-15(11-14)10-12(17)16-7-4-2-3-5-8-16/h2-11H2,1H3,(H,18,19). The topological polar surface area (TPSA) is 60.9 Å². The summed E-state index contributed by atoms with van der Waals surface area (Å²) in [5.74, 6) is -0.589. The van der Waals surface area contributed by atoms with Crippen LogP contribution in [0, 0.1) is 5.41 Å². The zero-order chi connectivity index (χ0) is 13.9. The first-order valence-corrected chi connectivity index (χ1v) is 7.25. The van der Waals surface area contributed by atoms with Crippen LogP contribution < -0.4 is 0 Å². The number of likely N-dealkylation sites (tertiary alicyclic amines) is 2. The van der Waals surface area contributed by atoms with Crippen LogP contribution in [-0.4, -0.2) is 59.5 Å². The molecule has 0 aromatic carbocycles. The van der Waals surface area contributed by atoms with Crippen LogP contribution in [0.1, 0.15) is 39.0 Å². The average molecular weight is 268 g/mol. The van der Waals surface area contributed by atoms with Crippen LogP contribution in [-0.2, 0) is 9.59 Å². The van der Waals surface area contributed by atoms with E-state index in [9.17, 15) is 14.7 Å². The van der Waals surface area contributed by atoms with Crippen LogP contribution >= 0.6 is 0 Å².